The van der Waals surface area contributed by atoms with Gasteiger partial charge in [-0.1, -0.05) is 12.1 Å². The SMILES string of the molecule is NCCCn1cccc(OCc2cccc(F)c2)c1=O. The maximum Gasteiger partial charge on any atom is 0.292 e. The fourth-order valence-electron chi connectivity index (χ4n) is 1.85. The van der Waals surface area contributed by atoms with Gasteiger partial charge in [-0.05, 0) is 42.8 Å². The van der Waals surface area contributed by atoms with Crippen molar-refractivity contribution < 1.29 is 9.13 Å². The molecule has 0 unspecified atom stereocenters. The Hall–Kier alpha value is -2.14. The summed E-state index contributed by atoms with van der Waals surface area (Å²) in [6.07, 6.45) is 2.43. The predicted octanol–water partition coefficient (Wildman–Crippen LogP) is 1.92. The summed E-state index contributed by atoms with van der Waals surface area (Å²) in [5, 5.41) is 0. The van der Waals surface area contributed by atoms with Crippen LogP contribution in [0.3, 0.4) is 0 Å². The van der Waals surface area contributed by atoms with E-state index in [1.54, 1.807) is 35.0 Å². The van der Waals surface area contributed by atoms with E-state index in [1.165, 1.54) is 12.1 Å². The van der Waals surface area contributed by atoms with Gasteiger partial charge in [0.2, 0.25) is 0 Å². The Kier molecular flexibility index (Phi) is 4.90. The second kappa shape index (κ2) is 6.86. The molecule has 0 fully saturated rings. The molecular weight excluding hydrogens is 259 g/mol. The normalized spacial score (nSPS) is 10.5. The molecule has 0 saturated carbocycles. The summed E-state index contributed by atoms with van der Waals surface area (Å²) in [4.78, 5) is 12.1. The summed E-state index contributed by atoms with van der Waals surface area (Å²) >= 11 is 0. The number of nitrogens with two attached hydrogens (primary N) is 1. The number of aromatic nitrogens is 1. The minimum atomic E-state index is -0.320. The van der Waals surface area contributed by atoms with Gasteiger partial charge in [-0.25, -0.2) is 4.39 Å². The van der Waals surface area contributed by atoms with Crippen LogP contribution in [0.25, 0.3) is 0 Å². The van der Waals surface area contributed by atoms with Crippen LogP contribution in [-0.2, 0) is 13.2 Å². The number of benzene rings is 1. The lowest BCUT2D eigenvalue weighted by molar-refractivity contribution is 0.298. The van der Waals surface area contributed by atoms with Crippen LogP contribution in [0.4, 0.5) is 4.39 Å². The minimum Gasteiger partial charge on any atom is -0.483 e. The van der Waals surface area contributed by atoms with E-state index in [9.17, 15) is 9.18 Å². The number of ether oxygens (including phenoxy) is 1. The quantitative estimate of drug-likeness (QED) is 0.877. The van der Waals surface area contributed by atoms with Crippen LogP contribution in [0.1, 0.15) is 12.0 Å². The Labute approximate surface area is 116 Å². The molecule has 0 aliphatic heterocycles. The molecule has 1 heterocycles. The zero-order valence-electron chi connectivity index (χ0n) is 11.1. The molecular formula is C15H17FN2O2. The molecule has 4 nitrogen and oxygen atoms in total. The van der Waals surface area contributed by atoms with Crippen LogP contribution in [0.15, 0.2) is 47.4 Å². The first kappa shape index (κ1) is 14.3. The third kappa shape index (κ3) is 3.68. The maximum absolute atomic E-state index is 13.0. The lowest BCUT2D eigenvalue weighted by Gasteiger charge is -2.09. The summed E-state index contributed by atoms with van der Waals surface area (Å²) in [7, 11) is 0. The molecule has 2 aromatic rings. The first-order valence-electron chi connectivity index (χ1n) is 6.47. The van der Waals surface area contributed by atoms with Crippen molar-refractivity contribution in [2.75, 3.05) is 6.54 Å². The monoisotopic (exact) mass is 276 g/mol. The number of aryl methyl sites for hydroxylation is 1. The number of halogens is 1. The molecule has 2 rings (SSSR count). The molecule has 0 atom stereocenters. The van der Waals surface area contributed by atoms with Crippen molar-refractivity contribution in [3.05, 3.63) is 64.3 Å². The van der Waals surface area contributed by atoms with Crippen molar-refractivity contribution in [2.45, 2.75) is 19.6 Å². The summed E-state index contributed by atoms with van der Waals surface area (Å²) in [5.74, 6) is -0.0618. The highest BCUT2D eigenvalue weighted by atomic mass is 19.1. The highest BCUT2D eigenvalue weighted by molar-refractivity contribution is 5.20. The van der Waals surface area contributed by atoms with Gasteiger partial charge >= 0.3 is 0 Å². The van der Waals surface area contributed by atoms with Crippen LogP contribution in [0, 0.1) is 5.82 Å². The number of pyridine rings is 1. The largest absolute Gasteiger partial charge is 0.483 e. The Bertz CT molecular complexity index is 625. The fraction of sp³-hybridized carbons (Fsp3) is 0.267. The number of rotatable bonds is 6. The molecule has 0 aliphatic rings. The van der Waals surface area contributed by atoms with E-state index in [1.807, 2.05) is 0 Å². The van der Waals surface area contributed by atoms with Gasteiger partial charge in [-0.3, -0.25) is 4.79 Å². The zero-order valence-corrected chi connectivity index (χ0v) is 11.1. The van der Waals surface area contributed by atoms with E-state index >= 15 is 0 Å². The van der Waals surface area contributed by atoms with Gasteiger partial charge in [0.15, 0.2) is 5.75 Å². The third-order valence-corrected chi connectivity index (χ3v) is 2.87. The smallest absolute Gasteiger partial charge is 0.292 e. The maximum atomic E-state index is 13.0. The molecule has 1 aromatic carbocycles. The van der Waals surface area contributed by atoms with E-state index in [2.05, 4.69) is 0 Å². The van der Waals surface area contributed by atoms with Crippen molar-refractivity contribution in [3.8, 4) is 5.75 Å². The molecule has 0 aliphatic carbocycles. The second-order valence-electron chi connectivity index (χ2n) is 4.43. The van der Waals surface area contributed by atoms with Crippen LogP contribution >= 0.6 is 0 Å². The summed E-state index contributed by atoms with van der Waals surface area (Å²) in [5.41, 5.74) is 5.92. The lowest BCUT2D eigenvalue weighted by Crippen LogP contribution is -2.22. The number of nitrogens with zero attached hydrogens (tertiary/aromatic N) is 1. The van der Waals surface area contributed by atoms with Crippen LogP contribution in [-0.4, -0.2) is 11.1 Å². The Morgan fingerprint density at radius 1 is 1.25 bits per heavy atom. The standard InChI is InChI=1S/C15H17FN2O2/c16-13-5-1-4-12(10-13)11-20-14-6-2-8-18(15(14)19)9-3-7-17/h1-2,4-6,8,10H,3,7,9,11,17H2. The van der Waals surface area contributed by atoms with Gasteiger partial charge in [-0.15, -0.1) is 0 Å². The molecule has 1 aromatic heterocycles. The molecule has 20 heavy (non-hydrogen) atoms. The summed E-state index contributed by atoms with van der Waals surface area (Å²) < 4.78 is 20.1. The fourth-order valence-corrected chi connectivity index (χ4v) is 1.85. The van der Waals surface area contributed by atoms with Crippen LogP contribution < -0.4 is 16.0 Å². The van der Waals surface area contributed by atoms with Crippen molar-refractivity contribution in [1.29, 1.82) is 0 Å². The Balaban J connectivity index is 2.08. The van der Waals surface area contributed by atoms with Gasteiger partial charge in [0, 0.05) is 12.7 Å². The molecule has 2 N–H and O–H groups in total. The Morgan fingerprint density at radius 2 is 2.10 bits per heavy atom. The number of hydrogen-bond acceptors (Lipinski definition) is 3. The zero-order chi connectivity index (χ0) is 14.4. The van der Waals surface area contributed by atoms with Crippen LogP contribution in [0.5, 0.6) is 5.75 Å². The van der Waals surface area contributed by atoms with Gasteiger partial charge in [0.1, 0.15) is 12.4 Å². The van der Waals surface area contributed by atoms with Crippen molar-refractivity contribution in [1.82, 2.24) is 4.57 Å². The third-order valence-electron chi connectivity index (χ3n) is 2.87. The first-order valence-corrected chi connectivity index (χ1v) is 6.47. The highest BCUT2D eigenvalue weighted by Gasteiger charge is 2.04. The highest BCUT2D eigenvalue weighted by Crippen LogP contribution is 2.08. The minimum absolute atomic E-state index is 0.161. The van der Waals surface area contributed by atoms with E-state index in [0.29, 0.717) is 18.7 Å². The topological polar surface area (TPSA) is 57.2 Å². The molecule has 0 bridgehead atoms. The lowest BCUT2D eigenvalue weighted by atomic mass is 10.2. The molecule has 0 amide bonds. The van der Waals surface area contributed by atoms with Crippen LogP contribution in [0.2, 0.25) is 0 Å². The van der Waals surface area contributed by atoms with Crippen molar-refractivity contribution in [3.63, 3.8) is 0 Å². The van der Waals surface area contributed by atoms with E-state index in [4.69, 9.17) is 10.5 Å². The molecule has 5 heteroatoms. The summed E-state index contributed by atoms with van der Waals surface area (Å²) in [6.45, 7) is 1.25. The second-order valence-corrected chi connectivity index (χ2v) is 4.43. The average Bonchev–Trinajstić information content (AvgIpc) is 2.45. The Morgan fingerprint density at radius 3 is 2.85 bits per heavy atom. The predicted molar refractivity (Wildman–Crippen MR) is 75.1 cm³/mol. The van der Waals surface area contributed by atoms with Gasteiger partial charge < -0.3 is 15.0 Å². The van der Waals surface area contributed by atoms with Gasteiger partial charge in [0.05, 0.1) is 0 Å². The van der Waals surface area contributed by atoms with Crippen molar-refractivity contribution in [2.24, 2.45) is 5.73 Å². The molecule has 0 radical (unpaired) electrons. The van der Waals surface area contributed by atoms with Gasteiger partial charge in [-0.2, -0.15) is 0 Å². The first-order chi connectivity index (χ1) is 9.70. The molecule has 0 spiro atoms. The van der Waals surface area contributed by atoms with E-state index in [0.717, 1.165) is 6.42 Å². The van der Waals surface area contributed by atoms with Crippen molar-refractivity contribution >= 4 is 0 Å². The molecule has 106 valence electrons. The average molecular weight is 276 g/mol. The van der Waals surface area contributed by atoms with E-state index in [-0.39, 0.29) is 23.7 Å². The molecule has 0 saturated heterocycles. The van der Waals surface area contributed by atoms with E-state index < -0.39 is 0 Å². The summed E-state index contributed by atoms with van der Waals surface area (Å²) in [6, 6.07) is 9.47. The van der Waals surface area contributed by atoms with Gasteiger partial charge in [0.25, 0.3) is 5.56 Å². The number of hydrogen-bond donors (Lipinski definition) is 1.